The second kappa shape index (κ2) is 8.12. The summed E-state index contributed by atoms with van der Waals surface area (Å²) in [5.74, 6) is -0.619. The number of likely N-dealkylation sites (tertiary alicyclic amines) is 1. The number of aliphatic hydroxyl groups is 2. The molecule has 2 atom stereocenters. The summed E-state index contributed by atoms with van der Waals surface area (Å²) in [5, 5.41) is 22.0. The van der Waals surface area contributed by atoms with E-state index in [4.69, 9.17) is 11.6 Å². The maximum atomic E-state index is 13.5. The Kier molecular flexibility index (Phi) is 6.55. The molecule has 0 radical (unpaired) electrons. The number of amides is 1. The first-order chi connectivity index (χ1) is 12.0. The van der Waals surface area contributed by atoms with Crippen LogP contribution in [-0.2, 0) is 10.4 Å². The molecule has 2 rings (SSSR count). The van der Waals surface area contributed by atoms with Gasteiger partial charge >= 0.3 is 6.18 Å². The molecule has 1 heterocycles. The van der Waals surface area contributed by atoms with Crippen LogP contribution in [0.3, 0.4) is 0 Å². The van der Waals surface area contributed by atoms with Gasteiger partial charge in [-0.1, -0.05) is 23.7 Å². The lowest BCUT2D eigenvalue weighted by Gasteiger charge is -2.35. The van der Waals surface area contributed by atoms with Crippen molar-refractivity contribution in [2.24, 2.45) is 0 Å². The van der Waals surface area contributed by atoms with E-state index in [1.54, 1.807) is 11.8 Å². The highest BCUT2D eigenvalue weighted by Gasteiger charge is 2.55. The van der Waals surface area contributed by atoms with Crippen LogP contribution < -0.4 is 5.32 Å². The third kappa shape index (κ3) is 4.68. The Morgan fingerprint density at radius 2 is 2.00 bits per heavy atom. The Labute approximate surface area is 154 Å². The fourth-order valence-corrected chi connectivity index (χ4v) is 3.10. The van der Waals surface area contributed by atoms with Gasteiger partial charge in [0.25, 0.3) is 0 Å². The van der Waals surface area contributed by atoms with Crippen molar-refractivity contribution in [2.45, 2.75) is 43.7 Å². The summed E-state index contributed by atoms with van der Waals surface area (Å²) in [6.45, 7) is 1.52. The van der Waals surface area contributed by atoms with Crippen LogP contribution >= 0.6 is 11.6 Å². The first-order valence-electron chi connectivity index (χ1n) is 8.29. The van der Waals surface area contributed by atoms with Gasteiger partial charge in [-0.25, -0.2) is 0 Å². The van der Waals surface area contributed by atoms with Crippen LogP contribution in [0.5, 0.6) is 0 Å². The number of aliphatic hydroxyl groups excluding tert-OH is 1. The van der Waals surface area contributed by atoms with Crippen molar-refractivity contribution in [3.05, 3.63) is 34.9 Å². The minimum Gasteiger partial charge on any atom is -0.393 e. The van der Waals surface area contributed by atoms with E-state index in [2.05, 4.69) is 5.32 Å². The number of halogens is 4. The van der Waals surface area contributed by atoms with E-state index >= 15 is 0 Å². The van der Waals surface area contributed by atoms with E-state index in [0.29, 0.717) is 25.9 Å². The summed E-state index contributed by atoms with van der Waals surface area (Å²) in [4.78, 5) is 14.1. The molecule has 0 bridgehead atoms. The van der Waals surface area contributed by atoms with E-state index in [9.17, 15) is 28.2 Å². The summed E-state index contributed by atoms with van der Waals surface area (Å²) < 4.78 is 40.5. The Hall–Kier alpha value is -1.35. The number of rotatable bonds is 5. The number of benzene rings is 1. The van der Waals surface area contributed by atoms with Crippen LogP contribution in [0.15, 0.2) is 24.3 Å². The molecule has 1 saturated heterocycles. The molecule has 5 nitrogen and oxygen atoms in total. The maximum absolute atomic E-state index is 13.5. The molecule has 0 saturated carbocycles. The van der Waals surface area contributed by atoms with Crippen molar-refractivity contribution in [1.29, 1.82) is 0 Å². The number of piperidine rings is 1. The Morgan fingerprint density at radius 3 is 2.54 bits per heavy atom. The summed E-state index contributed by atoms with van der Waals surface area (Å²) >= 11 is 5.73. The number of hydrogen-bond donors (Lipinski definition) is 3. The fraction of sp³-hybridized carbons (Fsp3) is 0.588. The molecule has 0 spiro atoms. The lowest BCUT2D eigenvalue weighted by atomic mass is 9.92. The quantitative estimate of drug-likeness (QED) is 0.714. The molecule has 1 aliphatic rings. The zero-order valence-corrected chi connectivity index (χ0v) is 15.0. The number of alkyl halides is 3. The number of nitrogens with zero attached hydrogens (tertiary/aromatic N) is 1. The van der Waals surface area contributed by atoms with Crippen molar-refractivity contribution in [1.82, 2.24) is 10.2 Å². The van der Waals surface area contributed by atoms with Gasteiger partial charge in [0.05, 0.1) is 18.7 Å². The predicted octanol–water partition coefficient (Wildman–Crippen LogP) is 2.05. The molecule has 3 N–H and O–H groups in total. The first kappa shape index (κ1) is 21.0. The van der Waals surface area contributed by atoms with Crippen molar-refractivity contribution in [3.63, 3.8) is 0 Å². The molecule has 1 aliphatic heterocycles. The monoisotopic (exact) mass is 394 g/mol. The average Bonchev–Trinajstić information content (AvgIpc) is 2.58. The van der Waals surface area contributed by atoms with E-state index in [0.717, 1.165) is 12.1 Å². The minimum absolute atomic E-state index is 0.0525. The SMILES string of the molecule is CC(C(=O)NCC(O)(c1cccc(Cl)c1)C(F)(F)F)N1CCC(O)CC1. The van der Waals surface area contributed by atoms with Gasteiger partial charge in [-0.15, -0.1) is 0 Å². The highest BCUT2D eigenvalue weighted by atomic mass is 35.5. The molecule has 1 amide bonds. The number of hydrogen-bond acceptors (Lipinski definition) is 4. The molecule has 1 fully saturated rings. The molecule has 9 heteroatoms. The molecule has 0 aromatic heterocycles. The summed E-state index contributed by atoms with van der Waals surface area (Å²) in [6, 6.07) is 4.17. The van der Waals surface area contributed by atoms with E-state index in [-0.39, 0.29) is 5.02 Å². The van der Waals surface area contributed by atoms with Crippen LogP contribution in [0.1, 0.15) is 25.3 Å². The van der Waals surface area contributed by atoms with Crippen LogP contribution in [0.25, 0.3) is 0 Å². The number of nitrogens with one attached hydrogen (secondary N) is 1. The average molecular weight is 395 g/mol. The van der Waals surface area contributed by atoms with Gasteiger partial charge in [0.2, 0.25) is 11.5 Å². The van der Waals surface area contributed by atoms with Crippen LogP contribution in [0.2, 0.25) is 5.02 Å². The minimum atomic E-state index is -5.00. The van der Waals surface area contributed by atoms with Crippen molar-refractivity contribution in [3.8, 4) is 0 Å². The molecule has 26 heavy (non-hydrogen) atoms. The smallest absolute Gasteiger partial charge is 0.393 e. The molecular weight excluding hydrogens is 373 g/mol. The fourth-order valence-electron chi connectivity index (χ4n) is 2.91. The van der Waals surface area contributed by atoms with Gasteiger partial charge < -0.3 is 15.5 Å². The Bertz CT molecular complexity index is 636. The second-order valence-corrected chi connectivity index (χ2v) is 6.97. The van der Waals surface area contributed by atoms with E-state index in [1.807, 2.05) is 0 Å². The molecule has 1 aromatic carbocycles. The van der Waals surface area contributed by atoms with Crippen LogP contribution in [0.4, 0.5) is 13.2 Å². The standard InChI is InChI=1S/C17H22ClF3N2O3/c1-11(23-7-5-14(24)6-8-23)15(25)22-10-16(26,17(19,20)21)12-3-2-4-13(18)9-12/h2-4,9,11,14,24,26H,5-8,10H2,1H3,(H,22,25). The third-order valence-corrected chi connectivity index (χ3v) is 4.95. The topological polar surface area (TPSA) is 72.8 Å². The molecule has 2 unspecified atom stereocenters. The van der Waals surface area contributed by atoms with Crippen molar-refractivity contribution < 1.29 is 28.2 Å². The lowest BCUT2D eigenvalue weighted by molar-refractivity contribution is -0.264. The summed E-state index contributed by atoms with van der Waals surface area (Å²) in [5.41, 5.74) is -3.68. The van der Waals surface area contributed by atoms with Gasteiger partial charge in [-0.05, 0) is 37.5 Å². The van der Waals surface area contributed by atoms with E-state index < -0.39 is 41.9 Å². The lowest BCUT2D eigenvalue weighted by Crippen LogP contribution is -2.55. The first-order valence-corrected chi connectivity index (χ1v) is 8.67. The molecule has 1 aromatic rings. The Morgan fingerprint density at radius 1 is 1.38 bits per heavy atom. The van der Waals surface area contributed by atoms with Crippen molar-refractivity contribution in [2.75, 3.05) is 19.6 Å². The van der Waals surface area contributed by atoms with E-state index in [1.165, 1.54) is 12.1 Å². The predicted molar refractivity (Wildman–Crippen MR) is 90.7 cm³/mol. The van der Waals surface area contributed by atoms with Crippen LogP contribution in [-0.4, -0.2) is 59.0 Å². The maximum Gasteiger partial charge on any atom is 0.423 e. The normalized spacial score (nSPS) is 20.4. The molecule has 0 aliphatic carbocycles. The van der Waals surface area contributed by atoms with Crippen LogP contribution in [0, 0.1) is 0 Å². The summed E-state index contributed by atoms with van der Waals surface area (Å²) in [6.07, 6.45) is -4.40. The number of carbonyl (C=O) groups is 1. The number of carbonyl (C=O) groups excluding carboxylic acids is 1. The van der Waals surface area contributed by atoms with Gasteiger partial charge in [-0.2, -0.15) is 13.2 Å². The zero-order chi connectivity index (χ0) is 19.5. The molecular formula is C17H22ClF3N2O3. The third-order valence-electron chi connectivity index (χ3n) is 4.72. The zero-order valence-electron chi connectivity index (χ0n) is 14.3. The second-order valence-electron chi connectivity index (χ2n) is 6.53. The molecule has 146 valence electrons. The van der Waals surface area contributed by atoms with Gasteiger partial charge in [0.1, 0.15) is 0 Å². The van der Waals surface area contributed by atoms with Gasteiger partial charge in [0, 0.05) is 18.1 Å². The highest BCUT2D eigenvalue weighted by molar-refractivity contribution is 6.30. The van der Waals surface area contributed by atoms with Gasteiger partial charge in [-0.3, -0.25) is 9.69 Å². The largest absolute Gasteiger partial charge is 0.423 e. The Balaban J connectivity index is 2.09. The van der Waals surface area contributed by atoms with Gasteiger partial charge in [0.15, 0.2) is 0 Å². The highest BCUT2D eigenvalue weighted by Crippen LogP contribution is 2.39. The summed E-state index contributed by atoms with van der Waals surface area (Å²) in [7, 11) is 0. The van der Waals surface area contributed by atoms with Crippen molar-refractivity contribution >= 4 is 17.5 Å².